The van der Waals surface area contributed by atoms with E-state index in [9.17, 15) is 0 Å². The van der Waals surface area contributed by atoms with Crippen LogP contribution in [0.15, 0.2) is 24.3 Å². The molecule has 0 saturated heterocycles. The van der Waals surface area contributed by atoms with Crippen molar-refractivity contribution in [3.63, 3.8) is 0 Å². The number of nitrogens with zero attached hydrogens (tertiary/aromatic N) is 2. The minimum Gasteiger partial charge on any atom is -0.323 e. The van der Waals surface area contributed by atoms with Crippen LogP contribution in [0, 0.1) is 22.7 Å². The summed E-state index contributed by atoms with van der Waals surface area (Å²) >= 11 is 0. The van der Waals surface area contributed by atoms with E-state index in [-0.39, 0.29) is 12.5 Å². The molecule has 2 N–H and O–H groups in total. The van der Waals surface area contributed by atoms with Crippen molar-refractivity contribution < 1.29 is 0 Å². The van der Waals surface area contributed by atoms with Crippen LogP contribution in [0.25, 0.3) is 0 Å². The van der Waals surface area contributed by atoms with Crippen molar-refractivity contribution in [3.05, 3.63) is 35.4 Å². The minimum absolute atomic E-state index is 0.280. The standard InChI is InChI=1S/C11H11N3/c12-7-5-9-3-1-2-4-10(9)11(14)6-8-13/h1-4,11H,5-6,14H2/t11-/m1/s1. The topological polar surface area (TPSA) is 73.6 Å². The summed E-state index contributed by atoms with van der Waals surface area (Å²) in [5.41, 5.74) is 7.62. The molecular weight excluding hydrogens is 174 g/mol. The first kappa shape index (κ1) is 10.2. The molecule has 1 aromatic carbocycles. The molecule has 0 aliphatic rings. The van der Waals surface area contributed by atoms with Gasteiger partial charge in [-0.05, 0) is 11.1 Å². The number of hydrogen-bond donors (Lipinski definition) is 1. The minimum atomic E-state index is -0.287. The van der Waals surface area contributed by atoms with Gasteiger partial charge in [0.15, 0.2) is 0 Å². The van der Waals surface area contributed by atoms with Gasteiger partial charge >= 0.3 is 0 Å². The predicted molar refractivity (Wildman–Crippen MR) is 52.9 cm³/mol. The van der Waals surface area contributed by atoms with Crippen molar-refractivity contribution in [2.24, 2.45) is 5.73 Å². The fraction of sp³-hybridized carbons (Fsp3) is 0.273. The molecule has 0 heterocycles. The van der Waals surface area contributed by atoms with Crippen LogP contribution in [-0.2, 0) is 6.42 Å². The van der Waals surface area contributed by atoms with Crippen LogP contribution >= 0.6 is 0 Å². The van der Waals surface area contributed by atoms with E-state index in [1.165, 1.54) is 0 Å². The fourth-order valence-corrected chi connectivity index (χ4v) is 1.35. The highest BCUT2D eigenvalue weighted by Crippen LogP contribution is 2.18. The maximum absolute atomic E-state index is 8.60. The van der Waals surface area contributed by atoms with Crippen LogP contribution in [0.2, 0.25) is 0 Å². The third kappa shape index (κ3) is 2.32. The molecule has 3 nitrogen and oxygen atoms in total. The molecule has 14 heavy (non-hydrogen) atoms. The first-order valence-corrected chi connectivity index (χ1v) is 4.37. The molecule has 1 rings (SSSR count). The second-order valence-corrected chi connectivity index (χ2v) is 3.00. The Hall–Kier alpha value is -1.84. The quantitative estimate of drug-likeness (QED) is 0.778. The van der Waals surface area contributed by atoms with Gasteiger partial charge in [0.25, 0.3) is 0 Å². The summed E-state index contributed by atoms with van der Waals surface area (Å²) in [7, 11) is 0. The summed E-state index contributed by atoms with van der Waals surface area (Å²) in [6, 6.07) is 11.3. The molecule has 0 amide bonds. The average Bonchev–Trinajstić information content (AvgIpc) is 2.19. The third-order valence-electron chi connectivity index (χ3n) is 2.04. The Kier molecular flexibility index (Phi) is 3.67. The highest BCUT2D eigenvalue weighted by atomic mass is 14.6. The maximum Gasteiger partial charge on any atom is 0.0669 e. The Balaban J connectivity index is 2.96. The number of rotatable bonds is 3. The van der Waals surface area contributed by atoms with E-state index in [1.807, 2.05) is 30.3 Å². The fourth-order valence-electron chi connectivity index (χ4n) is 1.35. The Bertz CT molecular complexity index is 384. The summed E-state index contributed by atoms with van der Waals surface area (Å²) < 4.78 is 0. The SMILES string of the molecule is N#CCc1ccccc1[C@H](N)CC#N. The first-order chi connectivity index (χ1) is 6.79. The number of nitriles is 2. The van der Waals surface area contributed by atoms with Crippen molar-refractivity contribution >= 4 is 0 Å². The van der Waals surface area contributed by atoms with Gasteiger partial charge in [0.2, 0.25) is 0 Å². The lowest BCUT2D eigenvalue weighted by Crippen LogP contribution is -2.11. The Morgan fingerprint density at radius 3 is 2.57 bits per heavy atom. The molecule has 0 radical (unpaired) electrons. The second kappa shape index (κ2) is 5.01. The van der Waals surface area contributed by atoms with E-state index < -0.39 is 0 Å². The van der Waals surface area contributed by atoms with Crippen LogP contribution in [-0.4, -0.2) is 0 Å². The lowest BCUT2D eigenvalue weighted by atomic mass is 9.97. The van der Waals surface area contributed by atoms with E-state index in [0.717, 1.165) is 11.1 Å². The van der Waals surface area contributed by atoms with Gasteiger partial charge in [-0.1, -0.05) is 24.3 Å². The van der Waals surface area contributed by atoms with E-state index >= 15 is 0 Å². The van der Waals surface area contributed by atoms with Crippen LogP contribution in [0.4, 0.5) is 0 Å². The van der Waals surface area contributed by atoms with Gasteiger partial charge in [-0.3, -0.25) is 0 Å². The van der Waals surface area contributed by atoms with Crippen molar-refractivity contribution in [1.82, 2.24) is 0 Å². The average molecular weight is 185 g/mol. The largest absolute Gasteiger partial charge is 0.323 e. The summed E-state index contributed by atoms with van der Waals surface area (Å²) in [4.78, 5) is 0. The summed E-state index contributed by atoms with van der Waals surface area (Å²) in [6.07, 6.45) is 0.623. The normalized spacial score (nSPS) is 11.4. The highest BCUT2D eigenvalue weighted by molar-refractivity contribution is 5.32. The van der Waals surface area contributed by atoms with Gasteiger partial charge in [0, 0.05) is 6.04 Å². The zero-order chi connectivity index (χ0) is 10.4. The molecule has 0 bridgehead atoms. The van der Waals surface area contributed by atoms with Crippen LogP contribution in [0.1, 0.15) is 23.6 Å². The smallest absolute Gasteiger partial charge is 0.0669 e. The van der Waals surface area contributed by atoms with Crippen LogP contribution in [0.5, 0.6) is 0 Å². The predicted octanol–water partition coefficient (Wildman–Crippen LogP) is 1.67. The van der Waals surface area contributed by atoms with E-state index in [4.69, 9.17) is 16.3 Å². The van der Waals surface area contributed by atoms with Gasteiger partial charge < -0.3 is 5.73 Å². The molecule has 1 atom stereocenters. The van der Waals surface area contributed by atoms with Crippen LogP contribution in [0.3, 0.4) is 0 Å². The first-order valence-electron chi connectivity index (χ1n) is 4.37. The zero-order valence-corrected chi connectivity index (χ0v) is 7.77. The molecule has 0 unspecified atom stereocenters. The van der Waals surface area contributed by atoms with Crippen molar-refractivity contribution in [2.45, 2.75) is 18.9 Å². The lowest BCUT2D eigenvalue weighted by Gasteiger charge is -2.11. The monoisotopic (exact) mass is 185 g/mol. The van der Waals surface area contributed by atoms with E-state index in [0.29, 0.717) is 6.42 Å². The van der Waals surface area contributed by atoms with Gasteiger partial charge in [-0.15, -0.1) is 0 Å². The van der Waals surface area contributed by atoms with E-state index in [1.54, 1.807) is 0 Å². The molecule has 3 heteroatoms. The zero-order valence-electron chi connectivity index (χ0n) is 7.77. The Labute approximate surface area is 83.4 Å². The second-order valence-electron chi connectivity index (χ2n) is 3.00. The van der Waals surface area contributed by atoms with Crippen LogP contribution < -0.4 is 5.73 Å². The maximum atomic E-state index is 8.60. The number of hydrogen-bond acceptors (Lipinski definition) is 3. The van der Waals surface area contributed by atoms with Gasteiger partial charge in [0.1, 0.15) is 0 Å². The number of benzene rings is 1. The van der Waals surface area contributed by atoms with Crippen molar-refractivity contribution in [3.8, 4) is 12.1 Å². The van der Waals surface area contributed by atoms with Crippen molar-refractivity contribution in [2.75, 3.05) is 0 Å². The lowest BCUT2D eigenvalue weighted by molar-refractivity contribution is 0.740. The molecule has 0 saturated carbocycles. The van der Waals surface area contributed by atoms with Crippen molar-refractivity contribution in [1.29, 1.82) is 10.5 Å². The molecule has 0 aliphatic carbocycles. The summed E-state index contributed by atoms with van der Waals surface area (Å²) in [5, 5.41) is 17.1. The third-order valence-corrected chi connectivity index (χ3v) is 2.04. The molecule has 70 valence electrons. The number of nitrogens with two attached hydrogens (primary N) is 1. The van der Waals surface area contributed by atoms with Gasteiger partial charge in [-0.2, -0.15) is 10.5 Å². The highest BCUT2D eigenvalue weighted by Gasteiger charge is 2.09. The summed E-state index contributed by atoms with van der Waals surface area (Å²) in [6.45, 7) is 0. The summed E-state index contributed by atoms with van der Waals surface area (Å²) in [5.74, 6) is 0. The van der Waals surface area contributed by atoms with Gasteiger partial charge in [0.05, 0.1) is 25.0 Å². The molecule has 0 aromatic heterocycles. The van der Waals surface area contributed by atoms with Gasteiger partial charge in [-0.25, -0.2) is 0 Å². The van der Waals surface area contributed by atoms with E-state index in [2.05, 4.69) is 6.07 Å². The molecule has 1 aromatic rings. The molecule has 0 spiro atoms. The molecule has 0 aliphatic heterocycles. The molecular formula is C11H11N3. The molecule has 0 fully saturated rings. The Morgan fingerprint density at radius 2 is 1.93 bits per heavy atom. The Morgan fingerprint density at radius 1 is 1.21 bits per heavy atom.